The van der Waals surface area contributed by atoms with Gasteiger partial charge >= 0.3 is 0 Å². The van der Waals surface area contributed by atoms with Crippen LogP contribution in [0.4, 0.5) is 0 Å². The number of nitrogens with zero attached hydrogens (tertiary/aromatic N) is 2. The summed E-state index contributed by atoms with van der Waals surface area (Å²) in [5, 5.41) is 0. The molecule has 0 bridgehead atoms. The van der Waals surface area contributed by atoms with Gasteiger partial charge in [0.25, 0.3) is 0 Å². The molecular weight excluding hydrogens is 288 g/mol. The first-order chi connectivity index (χ1) is 9.99. The van der Waals surface area contributed by atoms with Gasteiger partial charge in [0.15, 0.2) is 9.84 Å². The van der Waals surface area contributed by atoms with Crippen LogP contribution in [0.15, 0.2) is 41.4 Å². The minimum absolute atomic E-state index is 0.218. The number of aromatic amines is 1. The quantitative estimate of drug-likeness (QED) is 0.763. The lowest BCUT2D eigenvalue weighted by Gasteiger charge is -1.99. The second-order valence-electron chi connectivity index (χ2n) is 4.75. The van der Waals surface area contributed by atoms with E-state index in [-0.39, 0.29) is 4.90 Å². The molecule has 0 aliphatic rings. The first-order valence-corrected chi connectivity index (χ1v) is 8.22. The molecule has 0 aliphatic carbocycles. The number of para-hydroxylation sites is 1. The molecule has 0 saturated heterocycles. The van der Waals surface area contributed by atoms with Crippen molar-refractivity contribution in [2.75, 3.05) is 6.26 Å². The summed E-state index contributed by atoms with van der Waals surface area (Å²) in [6.45, 7) is 0.336. The van der Waals surface area contributed by atoms with Gasteiger partial charge in [-0.3, -0.25) is 4.98 Å². The molecule has 2 heterocycles. The Kier molecular flexibility index (Phi) is 3.23. The minimum atomic E-state index is -3.33. The van der Waals surface area contributed by atoms with Crippen molar-refractivity contribution in [3.63, 3.8) is 0 Å². The van der Waals surface area contributed by atoms with Crippen molar-refractivity contribution in [3.05, 3.63) is 42.2 Å². The number of hydrogen-bond acceptors (Lipinski definition) is 5. The molecule has 3 aromatic rings. The summed E-state index contributed by atoms with van der Waals surface area (Å²) in [6, 6.07) is 8.68. The van der Waals surface area contributed by atoms with Crippen LogP contribution in [0.5, 0.6) is 0 Å². The van der Waals surface area contributed by atoms with Gasteiger partial charge in [0.1, 0.15) is 11.3 Å². The Morgan fingerprint density at radius 1 is 1.29 bits per heavy atom. The highest BCUT2D eigenvalue weighted by Crippen LogP contribution is 2.25. The molecule has 108 valence electrons. The SMILES string of the molecule is CS(=O)(=O)c1cccc2[nH]c(-c3ccnc(CN)c3)nc12. The fraction of sp³-hybridized carbons (Fsp3) is 0.143. The molecule has 7 heteroatoms. The molecular formula is C14H14N4O2S. The van der Waals surface area contributed by atoms with Gasteiger partial charge in [0.05, 0.1) is 16.1 Å². The number of nitrogens with two attached hydrogens (primary N) is 1. The van der Waals surface area contributed by atoms with Crippen molar-refractivity contribution in [1.82, 2.24) is 15.0 Å². The summed E-state index contributed by atoms with van der Waals surface area (Å²) in [5.74, 6) is 0.596. The van der Waals surface area contributed by atoms with Crippen molar-refractivity contribution >= 4 is 20.9 Å². The summed E-state index contributed by atoms with van der Waals surface area (Å²) in [6.07, 6.45) is 2.83. The first-order valence-electron chi connectivity index (χ1n) is 6.33. The summed E-state index contributed by atoms with van der Waals surface area (Å²) < 4.78 is 23.6. The zero-order valence-electron chi connectivity index (χ0n) is 11.4. The molecule has 2 aromatic heterocycles. The van der Waals surface area contributed by atoms with E-state index in [0.717, 1.165) is 11.3 Å². The Balaban J connectivity index is 2.22. The highest BCUT2D eigenvalue weighted by atomic mass is 32.2. The molecule has 1 aromatic carbocycles. The van der Waals surface area contributed by atoms with Crippen molar-refractivity contribution in [3.8, 4) is 11.4 Å². The number of benzene rings is 1. The Morgan fingerprint density at radius 2 is 2.10 bits per heavy atom. The largest absolute Gasteiger partial charge is 0.338 e. The van der Waals surface area contributed by atoms with E-state index in [1.807, 2.05) is 6.07 Å². The standard InChI is InChI=1S/C14H14N4O2S/c1-21(19,20)12-4-2-3-11-13(12)18-14(17-11)9-5-6-16-10(7-9)8-15/h2-7H,8,15H2,1H3,(H,17,18). The summed E-state index contributed by atoms with van der Waals surface area (Å²) in [7, 11) is -3.33. The fourth-order valence-electron chi connectivity index (χ4n) is 2.18. The van der Waals surface area contributed by atoms with E-state index in [2.05, 4.69) is 15.0 Å². The highest BCUT2D eigenvalue weighted by Gasteiger charge is 2.15. The molecule has 3 N–H and O–H groups in total. The van der Waals surface area contributed by atoms with Crippen LogP contribution in [0.1, 0.15) is 5.69 Å². The molecule has 0 spiro atoms. The highest BCUT2D eigenvalue weighted by molar-refractivity contribution is 7.91. The number of pyridine rings is 1. The maximum Gasteiger partial charge on any atom is 0.177 e. The van der Waals surface area contributed by atoms with Crippen molar-refractivity contribution in [2.24, 2.45) is 5.73 Å². The molecule has 21 heavy (non-hydrogen) atoms. The second kappa shape index (κ2) is 4.94. The van der Waals surface area contributed by atoms with Gasteiger partial charge in [-0.15, -0.1) is 0 Å². The third kappa shape index (κ3) is 2.53. The Morgan fingerprint density at radius 3 is 2.81 bits per heavy atom. The third-order valence-electron chi connectivity index (χ3n) is 3.17. The van der Waals surface area contributed by atoms with Crippen LogP contribution in [0.3, 0.4) is 0 Å². The van der Waals surface area contributed by atoms with E-state index in [1.54, 1.807) is 30.5 Å². The number of fused-ring (bicyclic) bond motifs is 1. The summed E-state index contributed by atoms with van der Waals surface area (Å²) >= 11 is 0. The Hall–Kier alpha value is -2.25. The average molecular weight is 302 g/mol. The maximum absolute atomic E-state index is 11.8. The van der Waals surface area contributed by atoms with Gasteiger partial charge in [-0.2, -0.15) is 0 Å². The van der Waals surface area contributed by atoms with Crippen LogP contribution in [0.25, 0.3) is 22.4 Å². The lowest BCUT2D eigenvalue weighted by atomic mass is 10.2. The number of imidazole rings is 1. The topological polar surface area (TPSA) is 102 Å². The third-order valence-corrected chi connectivity index (χ3v) is 4.30. The smallest absolute Gasteiger partial charge is 0.177 e. The first kappa shape index (κ1) is 13.7. The Labute approximate surface area is 122 Å². The maximum atomic E-state index is 11.8. The van der Waals surface area contributed by atoms with Crippen LogP contribution in [-0.4, -0.2) is 29.6 Å². The van der Waals surface area contributed by atoms with Gasteiger partial charge in [-0.25, -0.2) is 13.4 Å². The number of hydrogen-bond donors (Lipinski definition) is 2. The second-order valence-corrected chi connectivity index (χ2v) is 6.73. The van der Waals surface area contributed by atoms with Gasteiger partial charge in [0, 0.05) is 24.6 Å². The van der Waals surface area contributed by atoms with Crippen molar-refractivity contribution < 1.29 is 8.42 Å². The molecule has 0 amide bonds. The normalized spacial score (nSPS) is 11.9. The zero-order valence-corrected chi connectivity index (χ0v) is 12.2. The summed E-state index contributed by atoms with van der Waals surface area (Å²) in [4.78, 5) is 11.9. The zero-order chi connectivity index (χ0) is 15.0. The molecule has 0 radical (unpaired) electrons. The van der Waals surface area contributed by atoms with E-state index in [1.165, 1.54) is 6.26 Å². The summed E-state index contributed by atoms with van der Waals surface area (Å²) in [5.41, 5.74) is 8.27. The monoisotopic (exact) mass is 302 g/mol. The number of H-pyrrole nitrogens is 1. The van der Waals surface area contributed by atoms with Crippen molar-refractivity contribution in [1.29, 1.82) is 0 Å². The van der Waals surface area contributed by atoms with Crippen LogP contribution in [0.2, 0.25) is 0 Å². The van der Waals surface area contributed by atoms with E-state index >= 15 is 0 Å². The van der Waals surface area contributed by atoms with Crippen LogP contribution in [-0.2, 0) is 16.4 Å². The Bertz CT molecular complexity index is 916. The van der Waals surface area contributed by atoms with E-state index < -0.39 is 9.84 Å². The van der Waals surface area contributed by atoms with Crippen molar-refractivity contribution in [2.45, 2.75) is 11.4 Å². The van der Waals surface area contributed by atoms with Crippen LogP contribution in [0, 0.1) is 0 Å². The lowest BCUT2D eigenvalue weighted by Crippen LogP contribution is -1.99. The molecule has 0 aliphatic heterocycles. The molecule has 0 unspecified atom stereocenters. The predicted molar refractivity (Wildman–Crippen MR) is 80.3 cm³/mol. The van der Waals surface area contributed by atoms with Gasteiger partial charge in [-0.1, -0.05) is 6.07 Å². The lowest BCUT2D eigenvalue weighted by molar-refractivity contribution is 0.602. The number of nitrogens with one attached hydrogen (secondary N) is 1. The average Bonchev–Trinajstić information content (AvgIpc) is 2.90. The molecule has 6 nitrogen and oxygen atoms in total. The van der Waals surface area contributed by atoms with E-state index in [0.29, 0.717) is 23.4 Å². The number of aromatic nitrogens is 3. The van der Waals surface area contributed by atoms with Gasteiger partial charge < -0.3 is 10.7 Å². The fourth-order valence-corrected chi connectivity index (χ4v) is 3.01. The van der Waals surface area contributed by atoms with E-state index in [9.17, 15) is 8.42 Å². The van der Waals surface area contributed by atoms with E-state index in [4.69, 9.17) is 5.73 Å². The van der Waals surface area contributed by atoms with Gasteiger partial charge in [0.2, 0.25) is 0 Å². The number of rotatable bonds is 3. The predicted octanol–water partition coefficient (Wildman–Crippen LogP) is 1.49. The van der Waals surface area contributed by atoms with Gasteiger partial charge in [-0.05, 0) is 24.3 Å². The van der Waals surface area contributed by atoms with Crippen LogP contribution >= 0.6 is 0 Å². The van der Waals surface area contributed by atoms with Crippen LogP contribution < -0.4 is 5.73 Å². The molecule has 0 fully saturated rings. The minimum Gasteiger partial charge on any atom is -0.338 e. The number of sulfone groups is 1. The molecule has 0 saturated carbocycles. The molecule has 0 atom stereocenters. The molecule has 3 rings (SSSR count).